The summed E-state index contributed by atoms with van der Waals surface area (Å²) in [6.45, 7) is -0.294. The fourth-order valence-corrected chi connectivity index (χ4v) is 4.73. The van der Waals surface area contributed by atoms with Crippen molar-refractivity contribution in [1.29, 1.82) is 0 Å². The Kier molecular flexibility index (Phi) is 5.31. The van der Waals surface area contributed by atoms with Gasteiger partial charge in [0.25, 0.3) is 5.91 Å². The number of esters is 1. The molecule has 0 saturated heterocycles. The number of nitrogens with one attached hydrogen (secondary N) is 1. The summed E-state index contributed by atoms with van der Waals surface area (Å²) in [7, 11) is 0. The van der Waals surface area contributed by atoms with Crippen LogP contribution in [0.1, 0.15) is 23.2 Å². The highest BCUT2D eigenvalue weighted by Crippen LogP contribution is 2.28. The summed E-state index contributed by atoms with van der Waals surface area (Å²) in [5.74, 6) is -0.791. The van der Waals surface area contributed by atoms with E-state index in [-0.39, 0.29) is 18.9 Å². The van der Waals surface area contributed by atoms with E-state index in [9.17, 15) is 9.59 Å². The van der Waals surface area contributed by atoms with Crippen LogP contribution in [-0.4, -0.2) is 23.5 Å². The molecule has 138 valence electrons. The summed E-state index contributed by atoms with van der Waals surface area (Å²) in [6, 6.07) is 9.91. The van der Waals surface area contributed by atoms with Crippen molar-refractivity contribution in [3.63, 3.8) is 0 Å². The van der Waals surface area contributed by atoms with Crippen LogP contribution in [0, 0.1) is 0 Å². The molecule has 0 saturated carbocycles. The van der Waals surface area contributed by atoms with Gasteiger partial charge in [0.15, 0.2) is 6.61 Å². The van der Waals surface area contributed by atoms with Crippen LogP contribution in [0.4, 0.5) is 5.69 Å². The number of hydrogen-bond acceptors (Lipinski definition) is 6. The number of amides is 1. The van der Waals surface area contributed by atoms with Gasteiger partial charge in [0.2, 0.25) is 0 Å². The van der Waals surface area contributed by atoms with Crippen molar-refractivity contribution in [2.45, 2.75) is 25.7 Å². The molecule has 0 unspecified atom stereocenters. The van der Waals surface area contributed by atoms with E-state index in [1.165, 1.54) is 22.5 Å². The molecule has 1 aliphatic rings. The normalized spacial score (nSPS) is 12.6. The van der Waals surface area contributed by atoms with Gasteiger partial charge in [-0.15, -0.1) is 22.7 Å². The van der Waals surface area contributed by atoms with Crippen LogP contribution in [0.5, 0.6) is 0 Å². The first-order chi connectivity index (χ1) is 13.2. The van der Waals surface area contributed by atoms with Crippen LogP contribution < -0.4 is 5.32 Å². The van der Waals surface area contributed by atoms with Crippen LogP contribution in [0.2, 0.25) is 0 Å². The van der Waals surface area contributed by atoms with Crippen molar-refractivity contribution in [3.05, 3.63) is 57.9 Å². The lowest BCUT2D eigenvalue weighted by molar-refractivity contribution is -0.146. The summed E-state index contributed by atoms with van der Waals surface area (Å²) in [6.07, 6.45) is 3.38. The second-order valence-corrected chi connectivity index (χ2v) is 8.15. The lowest BCUT2D eigenvalue weighted by atomic mass is 10.1. The molecule has 0 aliphatic heterocycles. The number of aryl methyl sites for hydroxylation is 2. The molecule has 0 bridgehead atoms. The lowest BCUT2D eigenvalue weighted by Crippen LogP contribution is -2.21. The number of carbonyl (C=O) groups is 2. The maximum Gasteiger partial charge on any atom is 0.312 e. The van der Waals surface area contributed by atoms with Gasteiger partial charge in [0, 0.05) is 11.1 Å². The van der Waals surface area contributed by atoms with Gasteiger partial charge in [-0.1, -0.05) is 12.1 Å². The molecular weight excluding hydrogens is 380 g/mol. The Balaban J connectivity index is 1.26. The van der Waals surface area contributed by atoms with E-state index in [4.69, 9.17) is 4.74 Å². The number of ether oxygens (including phenoxy) is 1. The van der Waals surface area contributed by atoms with E-state index < -0.39 is 5.97 Å². The van der Waals surface area contributed by atoms with E-state index in [2.05, 4.69) is 16.4 Å². The fraction of sp³-hybridized carbons (Fsp3) is 0.250. The summed E-state index contributed by atoms with van der Waals surface area (Å²) >= 11 is 3.11. The number of rotatable bonds is 6. The number of benzene rings is 1. The number of fused-ring (bicyclic) bond motifs is 1. The number of anilines is 1. The number of hydrogen-bond donors (Lipinski definition) is 1. The van der Waals surface area contributed by atoms with E-state index in [1.54, 1.807) is 11.3 Å². The minimum absolute atomic E-state index is 0.0635. The lowest BCUT2D eigenvalue weighted by Gasteiger charge is -2.08. The molecule has 1 aromatic carbocycles. The van der Waals surface area contributed by atoms with Crippen molar-refractivity contribution < 1.29 is 14.3 Å². The van der Waals surface area contributed by atoms with Crippen LogP contribution in [-0.2, 0) is 33.6 Å². The molecule has 0 fully saturated rings. The fourth-order valence-electron chi connectivity index (χ4n) is 3.09. The molecule has 1 N–H and O–H groups in total. The molecule has 7 heteroatoms. The van der Waals surface area contributed by atoms with Crippen molar-refractivity contribution in [1.82, 2.24) is 4.98 Å². The predicted octanol–water partition coefficient (Wildman–Crippen LogP) is 4.08. The zero-order valence-electron chi connectivity index (χ0n) is 14.6. The van der Waals surface area contributed by atoms with Crippen molar-refractivity contribution in [3.8, 4) is 9.88 Å². The van der Waals surface area contributed by atoms with Gasteiger partial charge in [-0.05, 0) is 54.0 Å². The standard InChI is InChI=1S/C20H18N2O3S2/c23-18(21-15-7-6-13-3-1-4-14(13)9-15)11-25-19(24)10-16-12-27-20(22-16)17-5-2-8-26-17/h2,5-9,12H,1,3-4,10-11H2,(H,21,23). The Morgan fingerprint density at radius 2 is 2.04 bits per heavy atom. The maximum atomic E-state index is 12.0. The molecule has 2 aromatic heterocycles. The zero-order valence-corrected chi connectivity index (χ0v) is 16.2. The molecule has 27 heavy (non-hydrogen) atoms. The Morgan fingerprint density at radius 3 is 2.89 bits per heavy atom. The quantitative estimate of drug-likeness (QED) is 0.635. The maximum absolute atomic E-state index is 12.0. The molecule has 0 atom stereocenters. The monoisotopic (exact) mass is 398 g/mol. The second-order valence-electron chi connectivity index (χ2n) is 6.34. The van der Waals surface area contributed by atoms with Crippen molar-refractivity contribution in [2.24, 2.45) is 0 Å². The molecule has 1 aliphatic carbocycles. The molecular formula is C20H18N2O3S2. The average Bonchev–Trinajstić information content (AvgIpc) is 3.40. The third-order valence-corrected chi connectivity index (χ3v) is 6.29. The number of thiophene rings is 1. The molecule has 0 spiro atoms. The van der Waals surface area contributed by atoms with E-state index in [1.807, 2.05) is 35.0 Å². The van der Waals surface area contributed by atoms with Gasteiger partial charge in [0.1, 0.15) is 5.01 Å². The number of thiazole rings is 1. The van der Waals surface area contributed by atoms with Crippen LogP contribution >= 0.6 is 22.7 Å². The molecule has 5 nitrogen and oxygen atoms in total. The molecule has 3 aromatic rings. The Hall–Kier alpha value is -2.51. The largest absolute Gasteiger partial charge is 0.455 e. The average molecular weight is 399 g/mol. The number of nitrogens with zero attached hydrogens (tertiary/aromatic N) is 1. The van der Waals surface area contributed by atoms with Crippen LogP contribution in [0.25, 0.3) is 9.88 Å². The number of carbonyl (C=O) groups excluding carboxylic acids is 2. The Morgan fingerprint density at radius 1 is 1.15 bits per heavy atom. The van der Waals surface area contributed by atoms with E-state index in [0.29, 0.717) is 5.69 Å². The Labute approximate surface area is 165 Å². The van der Waals surface area contributed by atoms with Crippen molar-refractivity contribution >= 4 is 40.2 Å². The molecule has 2 heterocycles. The summed E-state index contributed by atoms with van der Waals surface area (Å²) < 4.78 is 5.09. The summed E-state index contributed by atoms with van der Waals surface area (Å²) in [4.78, 5) is 29.5. The van der Waals surface area contributed by atoms with E-state index in [0.717, 1.165) is 34.8 Å². The van der Waals surface area contributed by atoms with Crippen LogP contribution in [0.3, 0.4) is 0 Å². The van der Waals surface area contributed by atoms with Gasteiger partial charge in [-0.3, -0.25) is 9.59 Å². The number of aromatic nitrogens is 1. The van der Waals surface area contributed by atoms with Gasteiger partial charge < -0.3 is 10.1 Å². The molecule has 0 radical (unpaired) electrons. The van der Waals surface area contributed by atoms with Crippen LogP contribution in [0.15, 0.2) is 41.1 Å². The minimum atomic E-state index is -0.456. The van der Waals surface area contributed by atoms with Gasteiger partial charge in [0.05, 0.1) is 17.0 Å². The highest BCUT2D eigenvalue weighted by atomic mass is 32.1. The summed E-state index contributed by atoms with van der Waals surface area (Å²) in [5.41, 5.74) is 4.05. The second kappa shape index (κ2) is 8.02. The SMILES string of the molecule is O=C(COC(=O)Cc1csc(-c2cccs2)n1)Nc1ccc2c(c1)CCC2. The zero-order chi connectivity index (χ0) is 18.6. The topological polar surface area (TPSA) is 68.3 Å². The third-order valence-electron chi connectivity index (χ3n) is 4.36. The molecule has 1 amide bonds. The molecule has 4 rings (SSSR count). The smallest absolute Gasteiger partial charge is 0.312 e. The van der Waals surface area contributed by atoms with Gasteiger partial charge in [-0.2, -0.15) is 0 Å². The highest BCUT2D eigenvalue weighted by Gasteiger charge is 2.14. The first-order valence-corrected chi connectivity index (χ1v) is 10.5. The first kappa shape index (κ1) is 17.9. The highest BCUT2D eigenvalue weighted by molar-refractivity contribution is 7.20. The summed E-state index contributed by atoms with van der Waals surface area (Å²) in [5, 5.41) is 7.51. The first-order valence-electron chi connectivity index (χ1n) is 8.73. The predicted molar refractivity (Wildman–Crippen MR) is 107 cm³/mol. The minimum Gasteiger partial charge on any atom is -0.455 e. The Bertz CT molecular complexity index is 964. The van der Waals surface area contributed by atoms with E-state index >= 15 is 0 Å². The third kappa shape index (κ3) is 4.43. The van der Waals surface area contributed by atoms with Gasteiger partial charge in [-0.25, -0.2) is 4.98 Å². The van der Waals surface area contributed by atoms with Gasteiger partial charge >= 0.3 is 5.97 Å². The van der Waals surface area contributed by atoms with Crippen molar-refractivity contribution in [2.75, 3.05) is 11.9 Å².